The Balaban J connectivity index is 2.14. The molecule has 1 aliphatic heterocycles. The van der Waals surface area contributed by atoms with Gasteiger partial charge in [0.15, 0.2) is 5.11 Å². The Kier molecular flexibility index (Phi) is 9.14. The molecule has 1 aromatic rings. The standard InChI is InChI=1S/C18H29N3O3S3/c1-24-17-9-8-15(27(22,23)21-11-5-3-4-6-12-21)14-16(17)20-18(25)19-10-7-13-26-2/h8-9,14H,3-7,10-13H2,1-2H3,(H2,19,20,25). The van der Waals surface area contributed by atoms with Gasteiger partial charge < -0.3 is 15.4 Å². The second-order valence-electron chi connectivity index (χ2n) is 6.41. The zero-order valence-corrected chi connectivity index (χ0v) is 18.4. The third-order valence-electron chi connectivity index (χ3n) is 4.43. The molecular formula is C18H29N3O3S3. The molecule has 9 heteroatoms. The maximum absolute atomic E-state index is 13.0. The fourth-order valence-corrected chi connectivity index (χ4v) is 5.15. The Morgan fingerprint density at radius 2 is 1.96 bits per heavy atom. The molecule has 0 atom stereocenters. The van der Waals surface area contributed by atoms with Crippen molar-refractivity contribution in [3.05, 3.63) is 18.2 Å². The van der Waals surface area contributed by atoms with Gasteiger partial charge in [-0.25, -0.2) is 8.42 Å². The minimum atomic E-state index is -3.52. The molecule has 27 heavy (non-hydrogen) atoms. The molecule has 2 N–H and O–H groups in total. The van der Waals surface area contributed by atoms with Gasteiger partial charge in [0, 0.05) is 19.6 Å². The Labute approximate surface area is 172 Å². The van der Waals surface area contributed by atoms with Gasteiger partial charge in [-0.15, -0.1) is 0 Å². The van der Waals surface area contributed by atoms with Gasteiger partial charge in [-0.1, -0.05) is 12.8 Å². The Hall–Kier alpha value is -1.03. The first-order valence-corrected chi connectivity index (χ1v) is 12.4. The van der Waals surface area contributed by atoms with Gasteiger partial charge in [0.05, 0.1) is 17.7 Å². The van der Waals surface area contributed by atoms with Crippen LogP contribution in [0.25, 0.3) is 0 Å². The van der Waals surface area contributed by atoms with E-state index in [9.17, 15) is 8.42 Å². The first kappa shape index (κ1) is 22.3. The lowest BCUT2D eigenvalue weighted by molar-refractivity contribution is 0.415. The second-order valence-corrected chi connectivity index (χ2v) is 9.74. The summed E-state index contributed by atoms with van der Waals surface area (Å²) in [5.74, 6) is 1.61. The number of nitrogens with one attached hydrogen (secondary N) is 2. The average molecular weight is 432 g/mol. The summed E-state index contributed by atoms with van der Waals surface area (Å²) in [6.45, 7) is 1.92. The van der Waals surface area contributed by atoms with E-state index in [-0.39, 0.29) is 4.90 Å². The molecule has 0 radical (unpaired) electrons. The van der Waals surface area contributed by atoms with Crippen molar-refractivity contribution in [2.75, 3.05) is 44.1 Å². The maximum atomic E-state index is 13.0. The smallest absolute Gasteiger partial charge is 0.243 e. The van der Waals surface area contributed by atoms with Crippen LogP contribution >= 0.6 is 24.0 Å². The van der Waals surface area contributed by atoms with E-state index >= 15 is 0 Å². The highest BCUT2D eigenvalue weighted by Gasteiger charge is 2.26. The van der Waals surface area contributed by atoms with E-state index < -0.39 is 10.0 Å². The Morgan fingerprint density at radius 3 is 2.59 bits per heavy atom. The summed E-state index contributed by atoms with van der Waals surface area (Å²) in [5, 5.41) is 6.67. The van der Waals surface area contributed by atoms with Crippen LogP contribution in [0, 0.1) is 0 Å². The van der Waals surface area contributed by atoms with Crippen molar-refractivity contribution in [2.24, 2.45) is 0 Å². The first-order chi connectivity index (χ1) is 13.0. The number of nitrogens with zero attached hydrogens (tertiary/aromatic N) is 1. The van der Waals surface area contributed by atoms with E-state index in [1.54, 1.807) is 41.4 Å². The highest BCUT2D eigenvalue weighted by atomic mass is 32.2. The number of rotatable bonds is 8. The normalized spacial score (nSPS) is 15.8. The van der Waals surface area contributed by atoms with Crippen molar-refractivity contribution in [2.45, 2.75) is 37.0 Å². The molecule has 6 nitrogen and oxygen atoms in total. The van der Waals surface area contributed by atoms with Crippen LogP contribution in [0.4, 0.5) is 5.69 Å². The molecule has 0 spiro atoms. The van der Waals surface area contributed by atoms with Crippen LogP contribution in [-0.4, -0.2) is 56.6 Å². The third kappa shape index (κ3) is 6.51. The highest BCUT2D eigenvalue weighted by Crippen LogP contribution is 2.29. The zero-order valence-electron chi connectivity index (χ0n) is 16.0. The number of thiocarbonyl (C=S) groups is 1. The second kappa shape index (κ2) is 11.1. The highest BCUT2D eigenvalue weighted by molar-refractivity contribution is 7.98. The summed E-state index contributed by atoms with van der Waals surface area (Å²) in [6, 6.07) is 4.87. The molecule has 1 aliphatic rings. The lowest BCUT2D eigenvalue weighted by Crippen LogP contribution is -2.32. The Bertz CT molecular complexity index is 718. The number of sulfonamides is 1. The summed E-state index contributed by atoms with van der Waals surface area (Å²) in [4.78, 5) is 0.262. The van der Waals surface area contributed by atoms with Crippen molar-refractivity contribution in [1.82, 2.24) is 9.62 Å². The van der Waals surface area contributed by atoms with Gasteiger partial charge >= 0.3 is 0 Å². The number of anilines is 1. The Morgan fingerprint density at radius 1 is 1.26 bits per heavy atom. The van der Waals surface area contributed by atoms with Crippen molar-refractivity contribution < 1.29 is 13.2 Å². The molecule has 1 saturated heterocycles. The topological polar surface area (TPSA) is 70.7 Å². The van der Waals surface area contributed by atoms with Gasteiger partial charge in [0.2, 0.25) is 10.0 Å². The average Bonchev–Trinajstić information content (AvgIpc) is 2.95. The number of benzene rings is 1. The molecule has 0 unspecified atom stereocenters. The quantitative estimate of drug-likeness (QED) is 0.483. The van der Waals surface area contributed by atoms with Crippen LogP contribution in [0.3, 0.4) is 0 Å². The summed E-state index contributed by atoms with van der Waals surface area (Å²) in [5.41, 5.74) is 0.552. The predicted octanol–water partition coefficient (Wildman–Crippen LogP) is 3.30. The molecule has 0 amide bonds. The summed E-state index contributed by atoms with van der Waals surface area (Å²) < 4.78 is 33.0. The molecule has 0 bridgehead atoms. The van der Waals surface area contributed by atoms with Crippen LogP contribution < -0.4 is 15.4 Å². The molecule has 152 valence electrons. The van der Waals surface area contributed by atoms with Crippen molar-refractivity contribution >= 4 is 44.8 Å². The summed E-state index contributed by atoms with van der Waals surface area (Å²) in [6.07, 6.45) is 7.05. The van der Waals surface area contributed by atoms with Gasteiger partial charge in [-0.2, -0.15) is 16.1 Å². The number of hydrogen-bond acceptors (Lipinski definition) is 5. The monoisotopic (exact) mass is 431 g/mol. The van der Waals surface area contributed by atoms with Gasteiger partial charge in [-0.05, 0) is 61.7 Å². The SMILES string of the molecule is COc1ccc(S(=O)(=O)N2CCCCCC2)cc1NC(=S)NCCCSC. The predicted molar refractivity (Wildman–Crippen MR) is 117 cm³/mol. The van der Waals surface area contributed by atoms with Crippen LogP contribution in [0.1, 0.15) is 32.1 Å². The van der Waals surface area contributed by atoms with E-state index in [0.29, 0.717) is 29.6 Å². The van der Waals surface area contributed by atoms with E-state index in [1.807, 2.05) is 0 Å². The molecule has 1 aromatic carbocycles. The molecule has 0 aromatic heterocycles. The van der Waals surface area contributed by atoms with Crippen molar-refractivity contribution in [3.63, 3.8) is 0 Å². The number of hydrogen-bond donors (Lipinski definition) is 2. The van der Waals surface area contributed by atoms with E-state index in [2.05, 4.69) is 16.9 Å². The lowest BCUT2D eigenvalue weighted by atomic mass is 10.2. The number of thioether (sulfide) groups is 1. The maximum Gasteiger partial charge on any atom is 0.243 e. The number of methoxy groups -OCH3 is 1. The molecule has 2 rings (SSSR count). The molecular weight excluding hydrogens is 402 g/mol. The molecule has 0 aliphatic carbocycles. The van der Waals surface area contributed by atoms with Crippen molar-refractivity contribution in [3.8, 4) is 5.75 Å². The number of ether oxygens (including phenoxy) is 1. The van der Waals surface area contributed by atoms with E-state index in [0.717, 1.165) is 44.4 Å². The van der Waals surface area contributed by atoms with Crippen LogP contribution in [0.2, 0.25) is 0 Å². The third-order valence-corrected chi connectivity index (χ3v) is 7.27. The fourth-order valence-electron chi connectivity index (χ4n) is 2.96. The van der Waals surface area contributed by atoms with Crippen LogP contribution in [-0.2, 0) is 10.0 Å². The molecule has 0 saturated carbocycles. The molecule has 1 heterocycles. The summed E-state index contributed by atoms with van der Waals surface area (Å²) >= 11 is 7.12. The van der Waals surface area contributed by atoms with Gasteiger partial charge in [-0.3, -0.25) is 0 Å². The summed E-state index contributed by atoms with van der Waals surface area (Å²) in [7, 11) is -1.97. The van der Waals surface area contributed by atoms with E-state index in [1.165, 1.54) is 0 Å². The first-order valence-electron chi connectivity index (χ1n) is 9.21. The van der Waals surface area contributed by atoms with Gasteiger partial charge in [0.1, 0.15) is 5.75 Å². The van der Waals surface area contributed by atoms with Crippen molar-refractivity contribution in [1.29, 1.82) is 0 Å². The lowest BCUT2D eigenvalue weighted by Gasteiger charge is -2.21. The van der Waals surface area contributed by atoms with E-state index in [4.69, 9.17) is 17.0 Å². The van der Waals surface area contributed by atoms with Crippen LogP contribution in [0.15, 0.2) is 23.1 Å². The fraction of sp³-hybridized carbons (Fsp3) is 0.611. The minimum absolute atomic E-state index is 0.262. The molecule has 1 fully saturated rings. The minimum Gasteiger partial charge on any atom is -0.495 e. The van der Waals surface area contributed by atoms with Gasteiger partial charge in [0.25, 0.3) is 0 Å². The largest absolute Gasteiger partial charge is 0.495 e. The van der Waals surface area contributed by atoms with Crippen LogP contribution in [0.5, 0.6) is 5.75 Å². The zero-order chi connectivity index (χ0) is 19.7.